The first-order chi connectivity index (χ1) is 21.2. The first kappa shape index (κ1) is 37.1. The number of aliphatic carboxylic acids is 1. The number of aryl methyl sites for hydroxylation is 1. The predicted octanol–water partition coefficient (Wildman–Crippen LogP) is 3.70. The summed E-state index contributed by atoms with van der Waals surface area (Å²) in [5.74, 6) is -2.17. The van der Waals surface area contributed by atoms with Crippen molar-refractivity contribution in [2.45, 2.75) is 126 Å². The summed E-state index contributed by atoms with van der Waals surface area (Å²) in [7, 11) is -4.39. The molecule has 1 aromatic carbocycles. The average Bonchev–Trinajstić information content (AvgIpc) is 3.74. The SMILES string of the molecule is C/C(=C\C(=O)OCCCCCCCCC(=O)O)C[C@@]1(S(=O)(=O)c2ccc(C)cc2)OC[C@H](C[C@@H]2O[C@H]2[C@@H](C)[C@H](C)O)[C@@H](O)[C@H]1O. The Hall–Kier alpha value is -2.35. The van der Waals surface area contributed by atoms with E-state index in [2.05, 4.69) is 0 Å². The first-order valence-electron chi connectivity index (χ1n) is 15.9. The topological polar surface area (TPSA) is 180 Å². The van der Waals surface area contributed by atoms with Crippen LogP contribution in [0.2, 0.25) is 0 Å². The second-order valence-corrected chi connectivity index (χ2v) is 14.9. The maximum Gasteiger partial charge on any atom is 0.330 e. The van der Waals surface area contributed by atoms with Crippen LogP contribution in [0.1, 0.15) is 84.1 Å². The number of benzene rings is 1. The van der Waals surface area contributed by atoms with Gasteiger partial charge in [0.2, 0.25) is 14.8 Å². The molecule has 0 saturated carbocycles. The molecule has 2 saturated heterocycles. The van der Waals surface area contributed by atoms with Gasteiger partial charge in [0.15, 0.2) is 0 Å². The second kappa shape index (κ2) is 16.5. The molecule has 1 aromatic rings. The monoisotopic (exact) mass is 654 g/mol. The lowest BCUT2D eigenvalue weighted by Crippen LogP contribution is -2.62. The van der Waals surface area contributed by atoms with E-state index in [1.807, 2.05) is 13.8 Å². The molecule has 2 heterocycles. The maximum atomic E-state index is 14.1. The fraction of sp³-hybridized carbons (Fsp3) is 0.697. The molecule has 0 unspecified atom stereocenters. The molecule has 3 rings (SSSR count). The smallest absolute Gasteiger partial charge is 0.330 e. The van der Waals surface area contributed by atoms with Gasteiger partial charge in [-0.05, 0) is 52.2 Å². The van der Waals surface area contributed by atoms with Crippen molar-refractivity contribution >= 4 is 21.8 Å². The van der Waals surface area contributed by atoms with Crippen molar-refractivity contribution in [3.8, 4) is 0 Å². The molecular weight excluding hydrogens is 604 g/mol. The lowest BCUT2D eigenvalue weighted by molar-refractivity contribution is -0.184. The van der Waals surface area contributed by atoms with Crippen LogP contribution in [0.3, 0.4) is 0 Å². The molecule has 2 fully saturated rings. The van der Waals surface area contributed by atoms with Crippen molar-refractivity contribution in [3.63, 3.8) is 0 Å². The highest BCUT2D eigenvalue weighted by molar-refractivity contribution is 7.92. The van der Waals surface area contributed by atoms with E-state index in [1.165, 1.54) is 18.2 Å². The molecule has 4 N–H and O–H groups in total. The van der Waals surface area contributed by atoms with Gasteiger partial charge in [-0.1, -0.05) is 55.9 Å². The number of carbonyl (C=O) groups is 2. The van der Waals surface area contributed by atoms with Gasteiger partial charge in [-0.25, -0.2) is 13.2 Å². The van der Waals surface area contributed by atoms with Gasteiger partial charge < -0.3 is 34.6 Å². The lowest BCUT2D eigenvalue weighted by atomic mass is 9.85. The van der Waals surface area contributed by atoms with Crippen molar-refractivity contribution in [1.82, 2.24) is 0 Å². The molecule has 0 aliphatic carbocycles. The number of aliphatic hydroxyl groups is 3. The Morgan fingerprint density at radius 2 is 1.69 bits per heavy atom. The molecule has 0 amide bonds. The van der Waals surface area contributed by atoms with Crippen molar-refractivity contribution < 1.29 is 52.6 Å². The number of hydrogen-bond acceptors (Lipinski definition) is 10. The molecular formula is C33H50O11S. The summed E-state index contributed by atoms with van der Waals surface area (Å²) in [5.41, 5.74) is 1.14. The van der Waals surface area contributed by atoms with Crippen molar-refractivity contribution in [3.05, 3.63) is 41.5 Å². The number of hydrogen-bond donors (Lipinski definition) is 4. The van der Waals surface area contributed by atoms with Gasteiger partial charge in [0.1, 0.15) is 6.10 Å². The summed E-state index contributed by atoms with van der Waals surface area (Å²) >= 11 is 0. The summed E-state index contributed by atoms with van der Waals surface area (Å²) in [5, 5.41) is 41.3. The molecule has 11 nitrogen and oxygen atoms in total. The van der Waals surface area contributed by atoms with Gasteiger partial charge in [0.05, 0.1) is 42.5 Å². The average molecular weight is 655 g/mol. The molecule has 8 atom stereocenters. The molecule has 0 bridgehead atoms. The van der Waals surface area contributed by atoms with Crippen molar-refractivity contribution in [2.24, 2.45) is 11.8 Å². The highest BCUT2D eigenvalue weighted by Crippen LogP contribution is 2.45. The maximum absolute atomic E-state index is 14.1. The molecule has 0 spiro atoms. The number of aliphatic hydroxyl groups excluding tert-OH is 3. The number of carboxylic acids is 1. The van der Waals surface area contributed by atoms with E-state index in [0.29, 0.717) is 24.8 Å². The third kappa shape index (κ3) is 9.82. The van der Waals surface area contributed by atoms with Crippen LogP contribution in [0.15, 0.2) is 40.8 Å². The van der Waals surface area contributed by atoms with E-state index >= 15 is 0 Å². The van der Waals surface area contributed by atoms with Crippen LogP contribution in [0.4, 0.5) is 0 Å². The Kier molecular flexibility index (Phi) is 13.6. The van der Waals surface area contributed by atoms with Gasteiger partial charge in [0.25, 0.3) is 0 Å². The van der Waals surface area contributed by atoms with Gasteiger partial charge in [-0.3, -0.25) is 4.79 Å². The number of rotatable bonds is 18. The fourth-order valence-corrected chi connectivity index (χ4v) is 7.88. The van der Waals surface area contributed by atoms with Crippen LogP contribution in [-0.4, -0.2) is 89.4 Å². The first-order valence-corrected chi connectivity index (χ1v) is 17.4. The summed E-state index contributed by atoms with van der Waals surface area (Å²) < 4.78 is 45.3. The third-order valence-corrected chi connectivity index (χ3v) is 11.2. The summed E-state index contributed by atoms with van der Waals surface area (Å²) in [6.07, 6.45) is 1.75. The van der Waals surface area contributed by atoms with Gasteiger partial charge in [-0.15, -0.1) is 0 Å². The highest BCUT2D eigenvalue weighted by atomic mass is 32.2. The standard InChI is InChI=1S/C33H50O11S/c1-21-12-14-26(15-13-21)45(40,41)33(19-22(2)17-29(37)42-16-10-8-6-5-7-9-11-28(35)36)32(39)30(38)25(20-43-33)18-27-31(44-27)23(3)24(4)34/h12-15,17,23-25,27,30-32,34,38-39H,5-11,16,18-20H2,1-4H3,(H,35,36)/b22-17+/t23-,24-,25-,27-,30+,31-,32+,33-/m0/s1. The van der Waals surface area contributed by atoms with E-state index in [1.54, 1.807) is 26.0 Å². The Bertz CT molecular complexity index is 1260. The minimum Gasteiger partial charge on any atom is -0.481 e. The molecule has 254 valence electrons. The van der Waals surface area contributed by atoms with Crippen molar-refractivity contribution in [1.29, 1.82) is 0 Å². The van der Waals surface area contributed by atoms with E-state index in [4.69, 9.17) is 19.3 Å². The zero-order valence-electron chi connectivity index (χ0n) is 26.8. The van der Waals surface area contributed by atoms with Crippen LogP contribution in [0.5, 0.6) is 0 Å². The quantitative estimate of drug-likeness (QED) is 0.0785. The second-order valence-electron chi connectivity index (χ2n) is 12.7. The van der Waals surface area contributed by atoms with E-state index in [-0.39, 0.29) is 49.1 Å². The number of sulfone groups is 1. The third-order valence-electron chi connectivity index (χ3n) is 8.94. The van der Waals surface area contributed by atoms with Crippen LogP contribution in [0, 0.1) is 18.8 Å². The minimum absolute atomic E-state index is 0.0764. The largest absolute Gasteiger partial charge is 0.481 e. The van der Waals surface area contributed by atoms with Crippen LogP contribution in [-0.2, 0) is 33.6 Å². The summed E-state index contributed by atoms with van der Waals surface area (Å²) in [6.45, 7) is 6.94. The molecule has 2 aliphatic heterocycles. The number of unbranched alkanes of at least 4 members (excludes halogenated alkanes) is 5. The van der Waals surface area contributed by atoms with Crippen LogP contribution >= 0.6 is 0 Å². The predicted molar refractivity (Wildman–Crippen MR) is 166 cm³/mol. The number of carbonyl (C=O) groups excluding carboxylic acids is 1. The fourth-order valence-electron chi connectivity index (χ4n) is 5.88. The normalized spacial score (nSPS) is 28.3. The number of carboxylic acid groups (broad SMARTS) is 1. The van der Waals surface area contributed by atoms with E-state index < -0.39 is 50.9 Å². The van der Waals surface area contributed by atoms with Crippen molar-refractivity contribution in [2.75, 3.05) is 13.2 Å². The molecule has 0 radical (unpaired) electrons. The van der Waals surface area contributed by atoms with Gasteiger partial charge in [-0.2, -0.15) is 0 Å². The van der Waals surface area contributed by atoms with E-state index in [0.717, 1.165) is 31.2 Å². The zero-order chi connectivity index (χ0) is 33.4. The summed E-state index contributed by atoms with van der Waals surface area (Å²) in [6, 6.07) is 6.14. The zero-order valence-corrected chi connectivity index (χ0v) is 27.6. The molecule has 12 heteroatoms. The van der Waals surface area contributed by atoms with Crippen LogP contribution in [0.25, 0.3) is 0 Å². The highest BCUT2D eigenvalue weighted by Gasteiger charge is 2.59. The van der Waals surface area contributed by atoms with Gasteiger partial charge >= 0.3 is 11.9 Å². The Morgan fingerprint density at radius 3 is 2.31 bits per heavy atom. The molecule has 45 heavy (non-hydrogen) atoms. The lowest BCUT2D eigenvalue weighted by Gasteiger charge is -2.46. The summed E-state index contributed by atoms with van der Waals surface area (Å²) in [4.78, 5) is 20.8. The Labute approximate surface area is 266 Å². The molecule has 0 aromatic heterocycles. The number of ether oxygens (including phenoxy) is 3. The van der Waals surface area contributed by atoms with E-state index in [9.17, 15) is 33.3 Å². The Balaban J connectivity index is 1.67. The van der Waals surface area contributed by atoms with Gasteiger partial charge in [0, 0.05) is 30.8 Å². The van der Waals surface area contributed by atoms with Crippen LogP contribution < -0.4 is 0 Å². The number of esters is 1. The minimum atomic E-state index is -4.39. The number of epoxide rings is 1. The molecule has 2 aliphatic rings. The Morgan fingerprint density at radius 1 is 1.07 bits per heavy atom.